The fraction of sp³-hybridized carbons (Fsp3) is 0.489. The van der Waals surface area contributed by atoms with Crippen LogP contribution in [0, 0.1) is 27.9 Å². The summed E-state index contributed by atoms with van der Waals surface area (Å²) in [4.78, 5) is 33.8. The molecule has 0 spiro atoms. The Bertz CT molecular complexity index is 2170. The number of unbranched alkanes of at least 4 members (excludes halogenated alkanes) is 2. The van der Waals surface area contributed by atoms with Gasteiger partial charge in [0.05, 0.1) is 35.8 Å². The summed E-state index contributed by atoms with van der Waals surface area (Å²) in [6.45, 7) is 4.88. The zero-order chi connectivity index (χ0) is 43.2. The third-order valence-corrected chi connectivity index (χ3v) is 12.7. The van der Waals surface area contributed by atoms with Crippen LogP contribution in [0.4, 0.5) is 5.69 Å². The van der Waals surface area contributed by atoms with Crippen molar-refractivity contribution in [3.8, 4) is 28.7 Å². The lowest BCUT2D eigenvalue weighted by Crippen LogP contribution is -2.69. The van der Waals surface area contributed by atoms with Crippen molar-refractivity contribution in [1.29, 1.82) is 0 Å². The highest BCUT2D eigenvalue weighted by Gasteiger charge is 2.65. The van der Waals surface area contributed by atoms with E-state index in [1.165, 1.54) is 12.1 Å². The molecule has 0 radical (unpaired) electrons. The van der Waals surface area contributed by atoms with Gasteiger partial charge in [0.25, 0.3) is 11.6 Å². The number of carbonyl (C=O) groups is 1. The molecule has 0 aromatic heterocycles. The monoisotopic (exact) mass is 853 g/mol. The quantitative estimate of drug-likeness (QED) is 0.0545. The molecule has 330 valence electrons. The zero-order valence-electron chi connectivity index (χ0n) is 35.0. The third-order valence-electron chi connectivity index (χ3n) is 12.7. The Labute approximate surface area is 361 Å². The van der Waals surface area contributed by atoms with Crippen LogP contribution in [0.3, 0.4) is 0 Å². The van der Waals surface area contributed by atoms with E-state index in [0.29, 0.717) is 65.9 Å². The van der Waals surface area contributed by atoms with Crippen molar-refractivity contribution in [2.45, 2.75) is 88.2 Å². The summed E-state index contributed by atoms with van der Waals surface area (Å²) < 4.78 is 37.8. The van der Waals surface area contributed by atoms with E-state index in [9.17, 15) is 25.1 Å². The number of nitrogens with zero attached hydrogens (tertiary/aromatic N) is 3. The maximum Gasteiger partial charge on any atom is 0.273 e. The van der Waals surface area contributed by atoms with E-state index in [1.54, 1.807) is 54.4 Å². The summed E-state index contributed by atoms with van der Waals surface area (Å²) in [5, 5.41) is 36.4. The van der Waals surface area contributed by atoms with E-state index in [-0.39, 0.29) is 62.4 Å². The predicted molar refractivity (Wildman–Crippen MR) is 227 cm³/mol. The largest absolute Gasteiger partial charge is 0.459 e. The Morgan fingerprint density at radius 1 is 1.00 bits per heavy atom. The molecule has 2 aliphatic carbocycles. The van der Waals surface area contributed by atoms with Crippen LogP contribution in [0.25, 0.3) is 0 Å². The summed E-state index contributed by atoms with van der Waals surface area (Å²) in [5.41, 5.74) is 2.69. The first-order chi connectivity index (χ1) is 30.2. The summed E-state index contributed by atoms with van der Waals surface area (Å²) in [7, 11) is 1.75. The molecule has 15 nitrogen and oxygen atoms in total. The number of aliphatic hydroxyl groups is 2. The molecule has 1 amide bonds. The van der Waals surface area contributed by atoms with E-state index in [4.69, 9.17) is 38.4 Å². The highest BCUT2D eigenvalue weighted by atomic mass is 16.8. The highest BCUT2D eigenvalue weighted by molar-refractivity contribution is 6.03. The van der Waals surface area contributed by atoms with Crippen LogP contribution in [-0.2, 0) is 14.3 Å². The van der Waals surface area contributed by atoms with Gasteiger partial charge in [-0.2, -0.15) is 0 Å². The average Bonchev–Trinajstić information content (AvgIpc) is 3.77. The standard InChI is InChI=1S/C47H55N3O12/c1-3-22-59-47-42(49(2)46(53)31-16-18-40-41(25-31)58-29-57-40)28-38(48-62-43-15-6-9-23-56-43)36-24-30(11-4-7-20-51)35(14-5-8-21-52)44(45(36)47)37-27-34(17-19-39(37)61-47)60-33-13-10-12-32(26-33)50(54)55/h3,10,12-13,16-19,24-27,30,35,42-45,51-52H,1,4-9,11,14-15,20-23,28-29H2,2H3/t30-,35+,42-,43?,44+,45+,47+/m0/s1. The molecule has 0 bridgehead atoms. The van der Waals surface area contributed by atoms with Crippen LogP contribution in [-0.4, -0.2) is 90.0 Å². The van der Waals surface area contributed by atoms with Crippen molar-refractivity contribution >= 4 is 17.3 Å². The fourth-order valence-corrected chi connectivity index (χ4v) is 9.88. The van der Waals surface area contributed by atoms with Crippen LogP contribution in [0.5, 0.6) is 28.7 Å². The zero-order valence-corrected chi connectivity index (χ0v) is 35.0. The molecule has 2 N–H and O–H groups in total. The van der Waals surface area contributed by atoms with Crippen molar-refractivity contribution in [1.82, 2.24) is 4.90 Å². The number of nitro benzene ring substituents is 1. The second-order valence-corrected chi connectivity index (χ2v) is 16.5. The number of hydrogen-bond donors (Lipinski definition) is 2. The number of allylic oxidation sites excluding steroid dienone is 1. The number of ether oxygens (including phenoxy) is 6. The van der Waals surface area contributed by atoms with Crippen LogP contribution in [0.15, 0.2) is 90.1 Å². The number of oxime groups is 1. The molecular formula is C47H55N3O12. The first-order valence-corrected chi connectivity index (χ1v) is 21.7. The molecule has 7 atom stereocenters. The van der Waals surface area contributed by atoms with E-state index in [1.807, 2.05) is 12.1 Å². The first-order valence-electron chi connectivity index (χ1n) is 21.7. The van der Waals surface area contributed by atoms with Crippen molar-refractivity contribution in [2.24, 2.45) is 22.9 Å². The van der Waals surface area contributed by atoms with Gasteiger partial charge in [-0.05, 0) is 98.4 Å². The van der Waals surface area contributed by atoms with Crippen LogP contribution in [0.1, 0.15) is 86.0 Å². The Morgan fingerprint density at radius 2 is 1.79 bits per heavy atom. The predicted octanol–water partition coefficient (Wildman–Crippen LogP) is 8.05. The van der Waals surface area contributed by atoms with Gasteiger partial charge < -0.3 is 48.4 Å². The number of carbonyl (C=O) groups excluding carboxylic acids is 1. The fourth-order valence-electron chi connectivity index (χ4n) is 9.88. The van der Waals surface area contributed by atoms with Gasteiger partial charge in [0.15, 0.2) is 11.5 Å². The maximum absolute atomic E-state index is 14.7. The number of aliphatic hydroxyl groups excluding tert-OH is 2. The molecule has 62 heavy (non-hydrogen) atoms. The van der Waals surface area contributed by atoms with Gasteiger partial charge in [-0.1, -0.05) is 36.2 Å². The molecule has 1 saturated carbocycles. The van der Waals surface area contributed by atoms with E-state index in [0.717, 1.165) is 49.7 Å². The van der Waals surface area contributed by atoms with Crippen LogP contribution >= 0.6 is 0 Å². The lowest BCUT2D eigenvalue weighted by molar-refractivity contribution is -0.384. The lowest BCUT2D eigenvalue weighted by atomic mass is 9.55. The molecule has 3 aliphatic heterocycles. The molecule has 8 rings (SSSR count). The average molecular weight is 854 g/mol. The van der Waals surface area contributed by atoms with E-state index >= 15 is 0 Å². The number of nitro groups is 1. The van der Waals surface area contributed by atoms with Crippen LogP contribution in [0.2, 0.25) is 0 Å². The number of rotatable bonds is 18. The molecule has 3 aromatic carbocycles. The Kier molecular flexibility index (Phi) is 13.4. The Balaban J connectivity index is 1.30. The molecule has 1 saturated heterocycles. The Morgan fingerprint density at radius 3 is 2.56 bits per heavy atom. The topological polar surface area (TPSA) is 181 Å². The molecular weight excluding hydrogens is 799 g/mol. The van der Waals surface area contributed by atoms with Gasteiger partial charge >= 0.3 is 0 Å². The number of amides is 1. The SMILES string of the molecule is C=CCO[C@@]12Oc3ccc(Oc4cccc([N+](=O)[O-])c4)cc3[C@H]3[C@H](CCCCO)[C@@H](CCCCO)C=C(C(=NOC4CCCCO4)C[C@@H]1N(C)C(=O)c1ccc4c(c1)OCO4)[C@H]32. The molecule has 3 heterocycles. The minimum Gasteiger partial charge on any atom is -0.459 e. The normalized spacial score (nSPS) is 26.4. The minimum absolute atomic E-state index is 0.0153. The van der Waals surface area contributed by atoms with E-state index < -0.39 is 29.0 Å². The summed E-state index contributed by atoms with van der Waals surface area (Å²) in [6, 6.07) is 16.0. The first kappa shape index (κ1) is 43.2. The second-order valence-electron chi connectivity index (χ2n) is 16.5. The number of fused-ring (bicyclic) bond motifs is 3. The number of likely N-dealkylation sites (N-methyl/N-ethyl adjacent to an activating group) is 1. The molecule has 5 aliphatic rings. The lowest BCUT2D eigenvalue weighted by Gasteiger charge is -2.59. The van der Waals surface area contributed by atoms with Gasteiger partial charge in [-0.15, -0.1) is 6.58 Å². The summed E-state index contributed by atoms with van der Waals surface area (Å²) >= 11 is 0. The van der Waals surface area contributed by atoms with Gasteiger partial charge in [-0.3, -0.25) is 14.9 Å². The highest BCUT2D eigenvalue weighted by Crippen LogP contribution is 2.62. The maximum atomic E-state index is 14.7. The van der Waals surface area contributed by atoms with Crippen LogP contribution < -0.4 is 18.9 Å². The van der Waals surface area contributed by atoms with Crippen molar-refractivity contribution < 1.29 is 53.2 Å². The smallest absolute Gasteiger partial charge is 0.273 e. The van der Waals surface area contributed by atoms with Crippen molar-refractivity contribution in [3.63, 3.8) is 0 Å². The molecule has 2 fully saturated rings. The van der Waals surface area contributed by atoms with Gasteiger partial charge in [-0.25, -0.2) is 0 Å². The van der Waals surface area contributed by atoms with Gasteiger partial charge in [0.1, 0.15) is 23.3 Å². The third kappa shape index (κ3) is 8.76. The molecule has 1 unspecified atom stereocenters. The van der Waals surface area contributed by atoms with Gasteiger partial charge in [0, 0.05) is 56.2 Å². The molecule has 3 aromatic rings. The number of non-ortho nitro benzene ring substituents is 1. The second kappa shape index (κ2) is 19.3. The summed E-state index contributed by atoms with van der Waals surface area (Å²) in [5.74, 6) is -0.248. The number of hydrogen-bond acceptors (Lipinski definition) is 13. The number of benzene rings is 3. The Hall–Kier alpha value is -5.48. The van der Waals surface area contributed by atoms with Gasteiger partial charge in [0.2, 0.25) is 18.9 Å². The van der Waals surface area contributed by atoms with E-state index in [2.05, 4.69) is 12.7 Å². The van der Waals surface area contributed by atoms with Crippen molar-refractivity contribution in [3.05, 3.63) is 106 Å². The molecule has 15 heteroatoms. The summed E-state index contributed by atoms with van der Waals surface area (Å²) in [6.07, 6.45) is 10.6. The minimum atomic E-state index is -1.47. The van der Waals surface area contributed by atoms with Crippen molar-refractivity contribution in [2.75, 3.05) is 40.3 Å².